The van der Waals surface area contributed by atoms with Crippen LogP contribution in [-0.2, 0) is 4.74 Å². The molecule has 0 bridgehead atoms. The molecule has 2 N–H and O–H groups in total. The Balaban J connectivity index is 2.21. The highest BCUT2D eigenvalue weighted by Gasteiger charge is 2.38. The maximum Gasteiger partial charge on any atom is 0.111 e. The first-order chi connectivity index (χ1) is 7.76. The quantitative estimate of drug-likeness (QED) is 0.812. The van der Waals surface area contributed by atoms with E-state index in [4.69, 9.17) is 4.74 Å². The van der Waals surface area contributed by atoms with Gasteiger partial charge in [0.2, 0.25) is 0 Å². The molecule has 1 fully saturated rings. The van der Waals surface area contributed by atoms with Crippen LogP contribution in [0.15, 0.2) is 30.3 Å². The van der Waals surface area contributed by atoms with Gasteiger partial charge in [-0.15, -0.1) is 0 Å². The second-order valence-electron chi connectivity index (χ2n) is 4.38. The van der Waals surface area contributed by atoms with Crippen LogP contribution in [0.3, 0.4) is 0 Å². The second-order valence-corrected chi connectivity index (χ2v) is 4.38. The van der Waals surface area contributed by atoms with Crippen molar-refractivity contribution in [3.63, 3.8) is 0 Å². The van der Waals surface area contributed by atoms with E-state index >= 15 is 0 Å². The summed E-state index contributed by atoms with van der Waals surface area (Å²) < 4.78 is 5.50. The highest BCUT2D eigenvalue weighted by Crippen LogP contribution is 2.35. The zero-order valence-electron chi connectivity index (χ0n) is 9.65. The lowest BCUT2D eigenvalue weighted by molar-refractivity contribution is -0.112. The van der Waals surface area contributed by atoms with E-state index in [-0.39, 0.29) is 6.10 Å². The van der Waals surface area contributed by atoms with Crippen molar-refractivity contribution in [1.29, 1.82) is 0 Å². The summed E-state index contributed by atoms with van der Waals surface area (Å²) in [5.74, 6) is 0. The van der Waals surface area contributed by atoms with Gasteiger partial charge in [0.1, 0.15) is 6.10 Å². The fourth-order valence-electron chi connectivity index (χ4n) is 2.42. The van der Waals surface area contributed by atoms with Gasteiger partial charge in [0.05, 0.1) is 5.60 Å². The largest absolute Gasteiger partial charge is 0.387 e. The molecule has 2 rings (SSSR count). The van der Waals surface area contributed by atoms with Crippen LogP contribution < -0.4 is 5.32 Å². The van der Waals surface area contributed by atoms with Crippen LogP contribution in [0.2, 0.25) is 0 Å². The summed E-state index contributed by atoms with van der Waals surface area (Å²) in [5, 5.41) is 13.9. The number of ether oxygens (including phenoxy) is 1. The Labute approximate surface area is 96.4 Å². The number of aliphatic hydroxyl groups is 1. The Kier molecular flexibility index (Phi) is 3.59. The van der Waals surface area contributed by atoms with Crippen molar-refractivity contribution >= 4 is 0 Å². The van der Waals surface area contributed by atoms with E-state index in [9.17, 15) is 5.11 Å². The minimum atomic E-state index is -0.735. The van der Waals surface area contributed by atoms with Crippen LogP contribution in [0.25, 0.3) is 0 Å². The van der Waals surface area contributed by atoms with E-state index in [0.29, 0.717) is 0 Å². The first-order valence-corrected chi connectivity index (χ1v) is 5.77. The van der Waals surface area contributed by atoms with Crippen molar-refractivity contribution in [2.45, 2.75) is 24.5 Å². The third-order valence-electron chi connectivity index (χ3n) is 3.30. The van der Waals surface area contributed by atoms with Gasteiger partial charge in [0.25, 0.3) is 0 Å². The average molecular weight is 221 g/mol. The third-order valence-corrected chi connectivity index (χ3v) is 3.30. The Morgan fingerprint density at radius 3 is 2.44 bits per heavy atom. The van der Waals surface area contributed by atoms with Gasteiger partial charge in [0.15, 0.2) is 0 Å². The normalized spacial score (nSPS) is 21.6. The maximum absolute atomic E-state index is 10.6. The summed E-state index contributed by atoms with van der Waals surface area (Å²) >= 11 is 0. The number of rotatable bonds is 3. The van der Waals surface area contributed by atoms with E-state index in [0.717, 1.165) is 31.5 Å². The minimum absolute atomic E-state index is 0.226. The van der Waals surface area contributed by atoms with Crippen molar-refractivity contribution < 1.29 is 9.84 Å². The van der Waals surface area contributed by atoms with Gasteiger partial charge >= 0.3 is 0 Å². The highest BCUT2D eigenvalue weighted by atomic mass is 16.5. The van der Waals surface area contributed by atoms with Crippen LogP contribution in [-0.4, -0.2) is 30.9 Å². The zero-order valence-corrected chi connectivity index (χ0v) is 9.65. The summed E-state index contributed by atoms with van der Waals surface area (Å²) in [5.41, 5.74) is 0.316. The fraction of sp³-hybridized carbons (Fsp3) is 0.538. The van der Waals surface area contributed by atoms with Crippen LogP contribution in [0.4, 0.5) is 0 Å². The fourth-order valence-corrected chi connectivity index (χ4v) is 2.42. The van der Waals surface area contributed by atoms with Crippen molar-refractivity contribution in [3.8, 4) is 0 Å². The van der Waals surface area contributed by atoms with Gasteiger partial charge in [-0.05, 0) is 31.5 Å². The zero-order chi connectivity index (χ0) is 11.4. The molecule has 0 radical (unpaired) electrons. The molecule has 0 spiro atoms. The molecule has 1 atom stereocenters. The van der Waals surface area contributed by atoms with Gasteiger partial charge in [0, 0.05) is 7.11 Å². The van der Waals surface area contributed by atoms with Crippen LogP contribution >= 0.6 is 0 Å². The summed E-state index contributed by atoms with van der Waals surface area (Å²) in [6.07, 6.45) is 1.25. The summed E-state index contributed by atoms with van der Waals surface area (Å²) in [6.45, 7) is 1.70. The Hall–Kier alpha value is -0.900. The molecular formula is C13H19NO2. The predicted molar refractivity (Wildman–Crippen MR) is 63.2 cm³/mol. The van der Waals surface area contributed by atoms with Gasteiger partial charge in [-0.2, -0.15) is 0 Å². The van der Waals surface area contributed by atoms with Crippen LogP contribution in [0.1, 0.15) is 24.5 Å². The van der Waals surface area contributed by atoms with Gasteiger partial charge < -0.3 is 15.2 Å². The van der Waals surface area contributed by atoms with Gasteiger partial charge in [-0.1, -0.05) is 30.3 Å². The lowest BCUT2D eigenvalue weighted by atomic mass is 9.83. The monoisotopic (exact) mass is 221 g/mol. The standard InChI is InChI=1S/C13H19NO2/c1-16-12(11-5-3-2-4-6-11)13(15)7-9-14-10-8-13/h2-6,12,14-15H,7-10H2,1H3. The molecule has 3 heteroatoms. The summed E-state index contributed by atoms with van der Waals surface area (Å²) in [7, 11) is 1.66. The molecule has 0 aliphatic carbocycles. The molecule has 1 saturated heterocycles. The third kappa shape index (κ3) is 2.26. The van der Waals surface area contributed by atoms with Gasteiger partial charge in [-0.25, -0.2) is 0 Å². The molecule has 0 aromatic heterocycles. The maximum atomic E-state index is 10.6. The molecule has 88 valence electrons. The topological polar surface area (TPSA) is 41.5 Å². The van der Waals surface area contributed by atoms with Crippen molar-refractivity contribution in [2.75, 3.05) is 20.2 Å². The molecular weight excluding hydrogens is 202 g/mol. The Bertz CT molecular complexity index is 320. The molecule has 1 aliphatic heterocycles. The number of benzene rings is 1. The summed E-state index contributed by atoms with van der Waals surface area (Å²) in [6, 6.07) is 9.95. The van der Waals surface area contributed by atoms with Gasteiger partial charge in [-0.3, -0.25) is 0 Å². The molecule has 1 aliphatic rings. The van der Waals surface area contributed by atoms with E-state index in [2.05, 4.69) is 5.32 Å². The highest BCUT2D eigenvalue weighted by molar-refractivity contribution is 5.21. The number of piperidine rings is 1. The molecule has 0 amide bonds. The summed E-state index contributed by atoms with van der Waals surface area (Å²) in [4.78, 5) is 0. The second kappa shape index (κ2) is 4.95. The van der Waals surface area contributed by atoms with Crippen molar-refractivity contribution in [1.82, 2.24) is 5.32 Å². The molecule has 0 saturated carbocycles. The van der Waals surface area contributed by atoms with E-state index < -0.39 is 5.60 Å². The van der Waals surface area contributed by atoms with Crippen molar-refractivity contribution in [2.24, 2.45) is 0 Å². The average Bonchev–Trinajstić information content (AvgIpc) is 2.32. The van der Waals surface area contributed by atoms with Crippen molar-refractivity contribution in [3.05, 3.63) is 35.9 Å². The van der Waals surface area contributed by atoms with E-state index in [1.165, 1.54) is 0 Å². The Morgan fingerprint density at radius 1 is 1.25 bits per heavy atom. The first-order valence-electron chi connectivity index (χ1n) is 5.77. The number of hydrogen-bond acceptors (Lipinski definition) is 3. The SMILES string of the molecule is COC(c1ccccc1)C1(O)CCNCC1. The predicted octanol–water partition coefficient (Wildman–Crippen LogP) is 1.49. The lowest BCUT2D eigenvalue weighted by Crippen LogP contribution is -2.46. The molecule has 1 aromatic carbocycles. The van der Waals surface area contributed by atoms with E-state index in [1.807, 2.05) is 30.3 Å². The van der Waals surface area contributed by atoms with Crippen LogP contribution in [0.5, 0.6) is 0 Å². The van der Waals surface area contributed by atoms with Crippen LogP contribution in [0, 0.1) is 0 Å². The molecule has 3 nitrogen and oxygen atoms in total. The smallest absolute Gasteiger partial charge is 0.111 e. The Morgan fingerprint density at radius 2 is 1.88 bits per heavy atom. The number of nitrogens with one attached hydrogen (secondary N) is 1. The number of methoxy groups -OCH3 is 1. The molecule has 16 heavy (non-hydrogen) atoms. The number of hydrogen-bond donors (Lipinski definition) is 2. The minimum Gasteiger partial charge on any atom is -0.387 e. The first kappa shape index (κ1) is 11.6. The lowest BCUT2D eigenvalue weighted by Gasteiger charge is -2.38. The molecule has 1 aromatic rings. The van der Waals surface area contributed by atoms with E-state index in [1.54, 1.807) is 7.11 Å². The molecule has 1 unspecified atom stereocenters. The molecule has 1 heterocycles.